The molecule has 2 aromatic rings. The first-order valence-corrected chi connectivity index (χ1v) is 7.83. The van der Waals surface area contributed by atoms with Gasteiger partial charge in [-0.05, 0) is 23.8 Å². The van der Waals surface area contributed by atoms with Crippen molar-refractivity contribution in [2.75, 3.05) is 17.7 Å². The van der Waals surface area contributed by atoms with Crippen LogP contribution in [0.2, 0.25) is 0 Å². The summed E-state index contributed by atoms with van der Waals surface area (Å²) in [5, 5.41) is 10.1. The van der Waals surface area contributed by atoms with E-state index in [2.05, 4.69) is 15.7 Å². The van der Waals surface area contributed by atoms with Crippen LogP contribution >= 0.6 is 0 Å². The van der Waals surface area contributed by atoms with Gasteiger partial charge in [-0.25, -0.2) is 0 Å². The minimum absolute atomic E-state index is 0.0731. The SMILES string of the molecule is CCC(=O)Nc1cc2c(cc1OC)C(c1ccn(C)n1)CC(=O)N2. The van der Waals surface area contributed by atoms with Crippen molar-refractivity contribution in [2.45, 2.75) is 25.7 Å². The molecule has 0 bridgehead atoms. The van der Waals surface area contributed by atoms with E-state index in [1.807, 2.05) is 25.4 Å². The van der Waals surface area contributed by atoms with E-state index in [1.165, 1.54) is 0 Å². The highest BCUT2D eigenvalue weighted by Gasteiger charge is 2.29. The highest BCUT2D eigenvalue weighted by Crippen LogP contribution is 2.41. The number of hydrogen-bond acceptors (Lipinski definition) is 4. The zero-order valence-corrected chi connectivity index (χ0v) is 13.9. The fourth-order valence-electron chi connectivity index (χ4n) is 2.88. The lowest BCUT2D eigenvalue weighted by molar-refractivity contribution is -0.117. The molecule has 1 aliphatic heterocycles. The summed E-state index contributed by atoms with van der Waals surface area (Å²) < 4.78 is 7.14. The Morgan fingerprint density at radius 1 is 1.50 bits per heavy atom. The summed E-state index contributed by atoms with van der Waals surface area (Å²) in [6.45, 7) is 1.78. The standard InChI is InChI=1S/C17H20N4O3/c1-4-16(22)19-14-9-13-10(7-15(14)24-3)11(8-17(23)18-13)12-5-6-21(2)20-12/h5-7,9,11H,4,8H2,1-3H3,(H,18,23)(H,19,22). The van der Waals surface area contributed by atoms with E-state index >= 15 is 0 Å². The fourth-order valence-corrected chi connectivity index (χ4v) is 2.88. The number of benzene rings is 1. The number of rotatable bonds is 4. The molecule has 1 unspecified atom stereocenters. The quantitative estimate of drug-likeness (QED) is 0.901. The van der Waals surface area contributed by atoms with Crippen molar-refractivity contribution in [1.82, 2.24) is 9.78 Å². The third-order valence-electron chi connectivity index (χ3n) is 4.10. The van der Waals surface area contributed by atoms with E-state index < -0.39 is 0 Å². The van der Waals surface area contributed by atoms with E-state index in [9.17, 15) is 9.59 Å². The second-order valence-corrected chi connectivity index (χ2v) is 5.76. The Morgan fingerprint density at radius 3 is 2.92 bits per heavy atom. The van der Waals surface area contributed by atoms with Crippen LogP contribution in [0.15, 0.2) is 24.4 Å². The molecule has 24 heavy (non-hydrogen) atoms. The number of nitrogens with zero attached hydrogens (tertiary/aromatic N) is 2. The Morgan fingerprint density at radius 2 is 2.29 bits per heavy atom. The number of anilines is 2. The Hall–Kier alpha value is -2.83. The lowest BCUT2D eigenvalue weighted by atomic mass is 9.87. The predicted octanol–water partition coefficient (Wildman–Crippen LogP) is 2.25. The van der Waals surface area contributed by atoms with E-state index in [1.54, 1.807) is 24.8 Å². The van der Waals surface area contributed by atoms with Gasteiger partial charge >= 0.3 is 0 Å². The van der Waals surface area contributed by atoms with Crippen LogP contribution in [-0.2, 0) is 16.6 Å². The third kappa shape index (κ3) is 2.97. The molecule has 0 saturated heterocycles. The second kappa shape index (κ2) is 6.35. The minimum atomic E-state index is -0.139. The monoisotopic (exact) mass is 328 g/mol. The number of amides is 2. The molecule has 2 heterocycles. The zero-order chi connectivity index (χ0) is 17.3. The molecule has 2 N–H and O–H groups in total. The third-order valence-corrected chi connectivity index (χ3v) is 4.10. The van der Waals surface area contributed by atoms with E-state index in [4.69, 9.17) is 4.74 Å². The topological polar surface area (TPSA) is 85.2 Å². The van der Waals surface area contributed by atoms with Gasteiger partial charge in [0.25, 0.3) is 0 Å². The fraction of sp³-hybridized carbons (Fsp3) is 0.353. The molecule has 0 saturated carbocycles. The summed E-state index contributed by atoms with van der Waals surface area (Å²) in [7, 11) is 3.40. The van der Waals surface area contributed by atoms with Crippen molar-refractivity contribution in [2.24, 2.45) is 7.05 Å². The van der Waals surface area contributed by atoms with Crippen LogP contribution < -0.4 is 15.4 Å². The zero-order valence-electron chi connectivity index (χ0n) is 13.9. The largest absolute Gasteiger partial charge is 0.495 e. The van der Waals surface area contributed by atoms with Crippen LogP contribution in [0.5, 0.6) is 5.75 Å². The average molecular weight is 328 g/mol. The van der Waals surface area contributed by atoms with Crippen molar-refractivity contribution < 1.29 is 14.3 Å². The number of methoxy groups -OCH3 is 1. The summed E-state index contributed by atoms with van der Waals surface area (Å²) in [4.78, 5) is 23.8. The first-order chi connectivity index (χ1) is 11.5. The predicted molar refractivity (Wildman–Crippen MR) is 90.2 cm³/mol. The molecule has 3 rings (SSSR count). The van der Waals surface area contributed by atoms with Crippen molar-refractivity contribution in [3.63, 3.8) is 0 Å². The maximum absolute atomic E-state index is 12.1. The molecule has 0 spiro atoms. The van der Waals surface area contributed by atoms with Gasteiger partial charge in [0.15, 0.2) is 0 Å². The summed E-state index contributed by atoms with van der Waals surface area (Å²) in [5.74, 6) is 0.236. The molecule has 1 aliphatic rings. The Bertz CT molecular complexity index is 797. The van der Waals surface area contributed by atoms with Gasteiger partial charge in [-0.2, -0.15) is 5.10 Å². The number of fused-ring (bicyclic) bond motifs is 1. The molecule has 7 nitrogen and oxygen atoms in total. The van der Waals surface area contributed by atoms with Gasteiger partial charge in [-0.15, -0.1) is 0 Å². The molecule has 0 aliphatic carbocycles. The maximum Gasteiger partial charge on any atom is 0.225 e. The molecular weight excluding hydrogens is 308 g/mol. The van der Waals surface area contributed by atoms with Crippen LogP contribution in [0.3, 0.4) is 0 Å². The molecule has 0 fully saturated rings. The maximum atomic E-state index is 12.1. The van der Waals surface area contributed by atoms with Gasteiger partial charge in [0, 0.05) is 37.7 Å². The summed E-state index contributed by atoms with van der Waals surface area (Å²) >= 11 is 0. The molecule has 1 aromatic heterocycles. The van der Waals surface area contributed by atoms with Gasteiger partial charge in [-0.3, -0.25) is 14.3 Å². The highest BCUT2D eigenvalue weighted by molar-refractivity contribution is 5.98. The van der Waals surface area contributed by atoms with Crippen molar-refractivity contribution in [3.05, 3.63) is 35.7 Å². The van der Waals surface area contributed by atoms with Crippen molar-refractivity contribution >= 4 is 23.2 Å². The van der Waals surface area contributed by atoms with E-state index in [0.717, 1.165) is 11.3 Å². The number of ether oxygens (including phenoxy) is 1. The number of carbonyl (C=O) groups is 2. The molecule has 2 amide bonds. The van der Waals surface area contributed by atoms with Crippen LogP contribution in [-0.4, -0.2) is 28.7 Å². The van der Waals surface area contributed by atoms with E-state index in [0.29, 0.717) is 30.0 Å². The van der Waals surface area contributed by atoms with Crippen LogP contribution in [0.4, 0.5) is 11.4 Å². The normalized spacial score (nSPS) is 16.3. The average Bonchev–Trinajstić information content (AvgIpc) is 2.99. The van der Waals surface area contributed by atoms with Crippen LogP contribution in [0.25, 0.3) is 0 Å². The van der Waals surface area contributed by atoms with E-state index in [-0.39, 0.29) is 17.7 Å². The Labute approximate surface area is 140 Å². The molecule has 1 atom stereocenters. The van der Waals surface area contributed by atoms with Gasteiger partial charge in [0.2, 0.25) is 11.8 Å². The number of carbonyl (C=O) groups excluding carboxylic acids is 2. The number of hydrogen-bond donors (Lipinski definition) is 2. The summed E-state index contributed by atoms with van der Waals surface area (Å²) in [6, 6.07) is 5.51. The smallest absolute Gasteiger partial charge is 0.225 e. The molecule has 126 valence electrons. The van der Waals surface area contributed by atoms with Crippen LogP contribution in [0.1, 0.15) is 36.9 Å². The summed E-state index contributed by atoms with van der Waals surface area (Å²) in [6.07, 6.45) is 2.55. The van der Waals surface area contributed by atoms with Gasteiger partial charge < -0.3 is 15.4 Å². The highest BCUT2D eigenvalue weighted by atomic mass is 16.5. The first kappa shape index (κ1) is 16.0. The van der Waals surface area contributed by atoms with Crippen molar-refractivity contribution in [1.29, 1.82) is 0 Å². The van der Waals surface area contributed by atoms with Crippen molar-refractivity contribution in [3.8, 4) is 5.75 Å². The Kier molecular flexibility index (Phi) is 4.24. The number of aromatic nitrogens is 2. The lowest BCUT2D eigenvalue weighted by Gasteiger charge is -2.26. The number of nitrogens with one attached hydrogen (secondary N) is 2. The summed E-state index contributed by atoms with van der Waals surface area (Å²) in [5.41, 5.74) is 2.99. The van der Waals surface area contributed by atoms with Crippen LogP contribution in [0, 0.1) is 0 Å². The van der Waals surface area contributed by atoms with Gasteiger partial charge in [0.05, 0.1) is 18.5 Å². The molecule has 1 aromatic carbocycles. The first-order valence-electron chi connectivity index (χ1n) is 7.83. The van der Waals surface area contributed by atoms with Gasteiger partial charge in [0.1, 0.15) is 5.75 Å². The Balaban J connectivity index is 2.06. The number of aryl methyl sites for hydroxylation is 1. The molecular formula is C17H20N4O3. The second-order valence-electron chi connectivity index (χ2n) is 5.76. The molecule has 0 radical (unpaired) electrons. The minimum Gasteiger partial charge on any atom is -0.495 e. The van der Waals surface area contributed by atoms with Gasteiger partial charge in [-0.1, -0.05) is 6.92 Å². The molecule has 7 heteroatoms. The lowest BCUT2D eigenvalue weighted by Crippen LogP contribution is -2.24.